The van der Waals surface area contributed by atoms with Crippen LogP contribution in [0.1, 0.15) is 34.6 Å². The van der Waals surface area contributed by atoms with E-state index in [0.717, 1.165) is 34.6 Å². The third-order valence-electron chi connectivity index (χ3n) is 25.4. The number of nitrogens with one attached hydrogen (secondary N) is 5. The van der Waals surface area contributed by atoms with Crippen molar-refractivity contribution in [2.75, 3.05) is 72.7 Å². The lowest BCUT2D eigenvalue weighted by Crippen LogP contribution is -2.71. The average molecular weight is 2170 g/mol. The molecule has 5 amide bonds. The molecular weight excluding hydrogens is 2040 g/mol. The Morgan fingerprint density at radius 1 is 0.214 bits per heavy atom. The van der Waals surface area contributed by atoms with Gasteiger partial charge in [0.1, 0.15) is 268 Å². The number of hydrogen-bond acceptors (Lipinski definition) is 60. The monoisotopic (exact) mass is 2170 g/mol. The van der Waals surface area contributed by atoms with E-state index >= 15 is 0 Å². The van der Waals surface area contributed by atoms with Crippen LogP contribution in [0.2, 0.25) is 0 Å². The zero-order chi connectivity index (χ0) is 107. The maximum atomic E-state index is 13.5. The van der Waals surface area contributed by atoms with E-state index in [0.29, 0.717) is 0 Å². The Labute approximate surface area is 819 Å². The second kappa shape index (κ2) is 51.9. The number of rotatable bonds is 40. The number of aliphatic hydroxyl groups is 28. The Morgan fingerprint density at radius 3 is 0.759 bits per heavy atom. The lowest BCUT2D eigenvalue weighted by atomic mass is 9.93. The minimum absolute atomic E-state index is 0.775. The Hall–Kier alpha value is -4.87. The van der Waals surface area contributed by atoms with Gasteiger partial charge in [0.15, 0.2) is 69.2 Å². The first-order valence-corrected chi connectivity index (χ1v) is 47.7. The van der Waals surface area contributed by atoms with Gasteiger partial charge in [-0.1, -0.05) is 0 Å². The highest BCUT2D eigenvalue weighted by atomic mass is 32.3. The summed E-state index contributed by atoms with van der Waals surface area (Å²) in [5.74, 6) is -5.30. The van der Waals surface area contributed by atoms with Crippen LogP contribution in [0.3, 0.4) is 0 Å². The molecule has 11 aliphatic rings. The molecule has 11 rings (SSSR count). The Morgan fingerprint density at radius 2 is 0.441 bits per heavy atom. The van der Waals surface area contributed by atoms with Crippen molar-refractivity contribution in [3.05, 3.63) is 0 Å². The summed E-state index contributed by atoms with van der Waals surface area (Å²) in [5, 5.41) is 329. The van der Waals surface area contributed by atoms with Gasteiger partial charge in [-0.3, -0.25) is 33.1 Å². The first-order chi connectivity index (χ1) is 68.2. The number of ether oxygens (including phenoxy) is 21. The van der Waals surface area contributed by atoms with Gasteiger partial charge in [0.05, 0.1) is 72.7 Å². The average Bonchev–Trinajstić information content (AvgIpc) is 0.755. The van der Waals surface area contributed by atoms with Gasteiger partial charge in [-0.2, -0.15) is 16.8 Å². The largest absolute Gasteiger partial charge is 0.397 e. The summed E-state index contributed by atoms with van der Waals surface area (Å²) in [6, 6.07) is -10.5. The third-order valence-corrected chi connectivity index (χ3v) is 26.3. The summed E-state index contributed by atoms with van der Waals surface area (Å²) in [6.45, 7) is -10.0. The second-order valence-electron chi connectivity index (χ2n) is 35.6. The Bertz CT molecular complexity index is 4350. The predicted octanol–water partition coefficient (Wildman–Crippen LogP) is -24.6. The van der Waals surface area contributed by atoms with Crippen LogP contribution in [-0.2, 0) is 153 Å². The van der Waals surface area contributed by atoms with Crippen LogP contribution in [0, 0.1) is 0 Å². The van der Waals surface area contributed by atoms with Crippen LogP contribution in [0.5, 0.6) is 0 Å². The zero-order valence-electron chi connectivity index (χ0n) is 76.8. The smallest absolute Gasteiger partial charge is 0.394 e. The van der Waals surface area contributed by atoms with Crippen LogP contribution in [0.25, 0.3) is 0 Å². The molecule has 35 N–H and O–H groups in total. The van der Waals surface area contributed by atoms with Crippen LogP contribution in [-0.4, -0.2) is 609 Å². The van der Waals surface area contributed by atoms with Crippen LogP contribution in [0.15, 0.2) is 0 Å². The molecule has 145 heavy (non-hydrogen) atoms. The molecule has 0 aliphatic carbocycles. The third kappa shape index (κ3) is 28.3. The van der Waals surface area contributed by atoms with E-state index < -0.39 is 460 Å². The van der Waals surface area contributed by atoms with E-state index in [1.165, 1.54) is 0 Å². The maximum absolute atomic E-state index is 13.5. The van der Waals surface area contributed by atoms with E-state index in [4.69, 9.17) is 99.5 Å². The fraction of sp³-hybridized carbons (Fsp3) is 0.934. The van der Waals surface area contributed by atoms with Gasteiger partial charge in [0.25, 0.3) is 0 Å². The molecule has 0 unspecified atom stereocenters. The van der Waals surface area contributed by atoms with Crippen molar-refractivity contribution in [3.63, 3.8) is 0 Å². The molecular formula is C76H127N5O62S2. The van der Waals surface area contributed by atoms with E-state index in [-0.39, 0.29) is 0 Å². The minimum Gasteiger partial charge on any atom is -0.394 e. The topological polar surface area (TPSA) is 1030 Å². The maximum Gasteiger partial charge on any atom is 0.397 e. The molecule has 11 aliphatic heterocycles. The fourth-order valence-corrected chi connectivity index (χ4v) is 18.7. The summed E-state index contributed by atoms with van der Waals surface area (Å²) in [5.41, 5.74) is 0. The highest BCUT2D eigenvalue weighted by Gasteiger charge is 2.64. The molecule has 0 aromatic rings. The molecule has 11 fully saturated rings. The molecule has 0 saturated carbocycles. The van der Waals surface area contributed by atoms with E-state index in [1.807, 2.05) is 0 Å². The number of carbonyl (C=O) groups is 5. The standard InChI is InChI=1S/C76H127N5O62S2/c1-17(90)77-33-43(100)57(26(10-86)124-66(33)114)135-67-34(78-18(2)91)45(102)59(28(12-88)129-67)138-74-56(113)63(42(99)30(132-74)14-121-75-64(51(108)41(98)25(9-85)128-75)142-69-36(80-20(4)93)46(103)61(31(133-69)15-122-144(115,116)117)139-72-53(110)49(106)39(96)23(7-83)126-72)141-76-65(143-70-37(81-21(5)94)47(104)62(32(134-70)16-123-145(118,119)120)140-73-54(111)50(107)40(97)24(8-84)127-73)55(112)60(29(13-89)131-76)136-68-35(79-19(3)92)44(101)58(27(11-87)130-68)137-71-52(109)48(105)38(95)22(6-82)125-71/h22-76,82-89,95-114H,6-16H2,1-5H3,(H,77,90)(H,78,91)(H,79,92)(H,80,93)(H,81,94)(H,115,116,117)(H,118,119,120)/t22-,23-,24-,25-,26-,27-,28-,29-,30-,31-,32-,33-,34-,35-,36-,37-,38+,39+,40+,41-,42-,43-,44-,45-,46-,47-,48+,49+,50+,51+,52-,53-,54-,55+,56+,57-,58-,59-,60-,61-,62-,63+,64+,65+,66-,67+,68+,69+,70+,71+,72+,73+,74+,75+,76-/m1/s1. The second-order valence-corrected chi connectivity index (χ2v) is 37.8. The summed E-state index contributed by atoms with van der Waals surface area (Å²) in [6.07, 6.45) is -116. The molecule has 0 spiro atoms. The van der Waals surface area contributed by atoms with Crippen LogP contribution in [0.4, 0.5) is 0 Å². The van der Waals surface area contributed by atoms with Gasteiger partial charge < -0.3 is 269 Å². The number of carbonyl (C=O) groups excluding carboxylic acids is 5. The molecule has 69 heteroatoms. The van der Waals surface area contributed by atoms with Gasteiger partial charge in [0, 0.05) is 34.6 Å². The quantitative estimate of drug-likeness (QED) is 0.0253. The number of amides is 5. The van der Waals surface area contributed by atoms with E-state index in [9.17, 15) is 193 Å². The molecule has 11 heterocycles. The molecule has 840 valence electrons. The zero-order valence-corrected chi connectivity index (χ0v) is 78.5. The molecule has 0 aromatic carbocycles. The van der Waals surface area contributed by atoms with Crippen LogP contribution >= 0.6 is 0 Å². The van der Waals surface area contributed by atoms with Gasteiger partial charge in [-0.05, 0) is 0 Å². The van der Waals surface area contributed by atoms with Crippen molar-refractivity contribution in [1.29, 1.82) is 0 Å². The van der Waals surface area contributed by atoms with Crippen molar-refractivity contribution in [1.82, 2.24) is 26.6 Å². The van der Waals surface area contributed by atoms with Gasteiger partial charge in [0.2, 0.25) is 29.5 Å². The summed E-state index contributed by atoms with van der Waals surface area (Å²) in [4.78, 5) is 65.6. The predicted molar refractivity (Wildman–Crippen MR) is 441 cm³/mol. The fourth-order valence-electron chi connectivity index (χ4n) is 18.1. The summed E-state index contributed by atoms with van der Waals surface area (Å²) < 4.78 is 204. The van der Waals surface area contributed by atoms with Gasteiger partial charge >= 0.3 is 20.8 Å². The highest BCUT2D eigenvalue weighted by molar-refractivity contribution is 7.81. The lowest BCUT2D eigenvalue weighted by Gasteiger charge is -2.52. The Balaban J connectivity index is 1.01. The molecule has 0 radical (unpaired) electrons. The number of hydrogen-bond donors (Lipinski definition) is 35. The van der Waals surface area contributed by atoms with E-state index in [2.05, 4.69) is 35.0 Å². The normalized spacial score (nSPS) is 47.1. The SMILES string of the molecule is CC(=O)N[C@@H]1[C@@H](O)[C@H](O[C@@H]2O[C@H](CO)[C@@H](O[C@@H]3O[C@H](CO[C@H]4O[C@H](CO)[C@@H](O)[C@H](O)[C@@H]4O[C@@H]4O[C@H](COS(=O)(=O)O)[C@@H](O[C@@H]5O[C@H](CO)[C@H](O)[C@H](O)[C@H]5O)[C@H](O)[C@H]4NC(C)=O)[C@@H](O)[C@H](O[C@H]4O[C@H](CO)[C@@H](O[C@@H]5O[C@H](CO)[C@@H](O[C@@H]6O[C@H](CO)[C@H](O)[C@H](O)[C@H]6O)[C@H](O)[C@H]5NC(C)=O)[C@H](O)[C@@H]4O[C@@H]4O[C@H](COS(=O)(=O)O)[C@@H](O[C@@H]5O[C@H](CO)[C@H](O)[C@H](O)[C@H]5O)[C@H](O)[C@H]4NC(C)=O)[C@@H]3O)[C@H](O)[C@H]2NC(C)=O)[C@@H](CO)O[C@H]1O. The van der Waals surface area contributed by atoms with E-state index in [1.54, 1.807) is 0 Å². The number of aliphatic hydroxyl groups excluding tert-OH is 28. The first kappa shape index (κ1) is 120. The Kier molecular flexibility index (Phi) is 43.1. The summed E-state index contributed by atoms with van der Waals surface area (Å²) in [7, 11) is -11.3. The van der Waals surface area contributed by atoms with Crippen molar-refractivity contribution in [2.45, 2.75) is 372 Å². The molecule has 0 aromatic heterocycles. The van der Waals surface area contributed by atoms with Gasteiger partial charge in [-0.15, -0.1) is 0 Å². The lowest BCUT2D eigenvalue weighted by molar-refractivity contribution is -0.406. The molecule has 55 atom stereocenters. The van der Waals surface area contributed by atoms with Gasteiger partial charge in [-0.25, -0.2) is 8.37 Å². The summed E-state index contributed by atoms with van der Waals surface area (Å²) >= 11 is 0. The van der Waals surface area contributed by atoms with Crippen molar-refractivity contribution >= 4 is 50.3 Å². The van der Waals surface area contributed by atoms with Crippen molar-refractivity contribution in [2.24, 2.45) is 0 Å². The molecule has 0 bridgehead atoms. The van der Waals surface area contributed by atoms with Crippen molar-refractivity contribution in [3.8, 4) is 0 Å². The molecule has 67 nitrogen and oxygen atoms in total. The van der Waals surface area contributed by atoms with Crippen LogP contribution < -0.4 is 26.6 Å². The molecule has 11 saturated heterocycles. The van der Waals surface area contributed by atoms with Crippen molar-refractivity contribution < 1.29 is 301 Å². The highest BCUT2D eigenvalue weighted by Crippen LogP contribution is 2.43. The first-order valence-electron chi connectivity index (χ1n) is 45.0. The minimum atomic E-state index is -5.70.